The lowest BCUT2D eigenvalue weighted by Gasteiger charge is -2.11. The Hall–Kier alpha value is -1.15. The first-order valence-corrected chi connectivity index (χ1v) is 5.81. The lowest BCUT2D eigenvalue weighted by molar-refractivity contribution is 0.0877. The quantitative estimate of drug-likeness (QED) is 0.713. The summed E-state index contributed by atoms with van der Waals surface area (Å²) >= 11 is 0. The molecule has 1 aliphatic rings. The number of carbonyl (C=O) groups excluding carboxylic acids is 1. The van der Waals surface area contributed by atoms with Crippen molar-refractivity contribution in [3.05, 3.63) is 34.9 Å². The Labute approximate surface area is 96.6 Å². The van der Waals surface area contributed by atoms with E-state index < -0.39 is 0 Å². The maximum Gasteiger partial charge on any atom is 0.168 e. The van der Waals surface area contributed by atoms with Gasteiger partial charge in [0.25, 0.3) is 0 Å². The number of ether oxygens (including phenoxy) is 1. The molecule has 0 saturated carbocycles. The van der Waals surface area contributed by atoms with E-state index in [0.29, 0.717) is 6.61 Å². The molecule has 2 unspecified atom stereocenters. The Morgan fingerprint density at radius 1 is 1.38 bits per heavy atom. The van der Waals surface area contributed by atoms with Gasteiger partial charge in [-0.1, -0.05) is 18.2 Å². The van der Waals surface area contributed by atoms with Crippen molar-refractivity contribution >= 4 is 5.78 Å². The molecule has 1 heterocycles. The summed E-state index contributed by atoms with van der Waals surface area (Å²) in [6.45, 7) is 6.66. The van der Waals surface area contributed by atoms with E-state index in [1.165, 1.54) is 5.56 Å². The summed E-state index contributed by atoms with van der Waals surface area (Å²) in [5, 5.41) is 0. The molecule has 1 aromatic carbocycles. The van der Waals surface area contributed by atoms with Gasteiger partial charge in [-0.15, -0.1) is 0 Å². The molecule has 1 fully saturated rings. The van der Waals surface area contributed by atoms with Crippen LogP contribution < -0.4 is 0 Å². The molecule has 0 bridgehead atoms. The maximum absolute atomic E-state index is 12.3. The van der Waals surface area contributed by atoms with Gasteiger partial charge in [0.2, 0.25) is 0 Å². The minimum atomic E-state index is 0.0514. The van der Waals surface area contributed by atoms with Gasteiger partial charge < -0.3 is 4.74 Å². The molecule has 16 heavy (non-hydrogen) atoms. The number of ketones is 1. The van der Waals surface area contributed by atoms with Crippen molar-refractivity contribution in [1.29, 1.82) is 0 Å². The molecule has 0 aromatic heterocycles. The van der Waals surface area contributed by atoms with E-state index in [9.17, 15) is 4.79 Å². The van der Waals surface area contributed by atoms with Crippen LogP contribution in [0.5, 0.6) is 0 Å². The van der Waals surface area contributed by atoms with Gasteiger partial charge >= 0.3 is 0 Å². The zero-order chi connectivity index (χ0) is 11.7. The molecule has 86 valence electrons. The molecule has 2 atom stereocenters. The molecule has 0 amide bonds. The molecular formula is C14H18O2. The van der Waals surface area contributed by atoms with E-state index >= 15 is 0 Å². The predicted molar refractivity (Wildman–Crippen MR) is 63.8 cm³/mol. The molecule has 0 N–H and O–H groups in total. The normalized spacial score (nSPS) is 24.7. The van der Waals surface area contributed by atoms with Crippen molar-refractivity contribution in [3.63, 3.8) is 0 Å². The first-order chi connectivity index (χ1) is 7.59. The summed E-state index contributed by atoms with van der Waals surface area (Å²) in [5.74, 6) is 0.293. The molecule has 0 aliphatic carbocycles. The number of carbonyl (C=O) groups is 1. The Morgan fingerprint density at radius 2 is 2.12 bits per heavy atom. The molecule has 2 nitrogen and oxygen atoms in total. The molecule has 0 spiro atoms. The van der Waals surface area contributed by atoms with Gasteiger partial charge in [-0.3, -0.25) is 4.79 Å². The number of hydrogen-bond acceptors (Lipinski definition) is 2. The highest BCUT2D eigenvalue weighted by molar-refractivity contribution is 5.99. The average molecular weight is 218 g/mol. The van der Waals surface area contributed by atoms with E-state index in [1.54, 1.807) is 0 Å². The average Bonchev–Trinajstić information content (AvgIpc) is 2.68. The van der Waals surface area contributed by atoms with Crippen LogP contribution in [-0.2, 0) is 4.74 Å². The second-order valence-electron chi connectivity index (χ2n) is 4.69. The smallest absolute Gasteiger partial charge is 0.168 e. The SMILES string of the molecule is Cc1cccc(C(=O)C2COC(C)C2)c1C. The van der Waals surface area contributed by atoms with Gasteiger partial charge in [-0.2, -0.15) is 0 Å². The summed E-state index contributed by atoms with van der Waals surface area (Å²) in [5.41, 5.74) is 3.15. The van der Waals surface area contributed by atoms with Crippen LogP contribution in [0.15, 0.2) is 18.2 Å². The van der Waals surface area contributed by atoms with Crippen LogP contribution in [0.2, 0.25) is 0 Å². The van der Waals surface area contributed by atoms with Crippen molar-refractivity contribution in [3.8, 4) is 0 Å². The van der Waals surface area contributed by atoms with Gasteiger partial charge in [0, 0.05) is 11.5 Å². The lowest BCUT2D eigenvalue weighted by Crippen LogP contribution is -2.16. The van der Waals surface area contributed by atoms with Crippen LogP contribution in [-0.4, -0.2) is 18.5 Å². The van der Waals surface area contributed by atoms with Crippen LogP contribution in [0.1, 0.15) is 34.8 Å². The first-order valence-electron chi connectivity index (χ1n) is 5.81. The molecule has 2 heteroatoms. The van der Waals surface area contributed by atoms with E-state index in [0.717, 1.165) is 17.5 Å². The summed E-state index contributed by atoms with van der Waals surface area (Å²) in [6.07, 6.45) is 1.07. The van der Waals surface area contributed by atoms with Gasteiger partial charge in [0.15, 0.2) is 5.78 Å². The van der Waals surface area contributed by atoms with E-state index in [-0.39, 0.29) is 17.8 Å². The van der Waals surface area contributed by atoms with Gasteiger partial charge in [0.05, 0.1) is 12.7 Å². The molecule has 1 aliphatic heterocycles. The number of hydrogen-bond donors (Lipinski definition) is 0. The zero-order valence-corrected chi connectivity index (χ0v) is 10.1. The number of Topliss-reactive ketones (excluding diaryl/α,β-unsaturated/α-hetero) is 1. The number of rotatable bonds is 2. The van der Waals surface area contributed by atoms with E-state index in [2.05, 4.69) is 0 Å². The van der Waals surface area contributed by atoms with Crippen LogP contribution in [0, 0.1) is 19.8 Å². The molecule has 2 rings (SSSR count). The van der Waals surface area contributed by atoms with Gasteiger partial charge in [0.1, 0.15) is 0 Å². The number of benzene rings is 1. The second-order valence-corrected chi connectivity index (χ2v) is 4.69. The van der Waals surface area contributed by atoms with Crippen molar-refractivity contribution in [2.45, 2.75) is 33.3 Å². The van der Waals surface area contributed by atoms with Gasteiger partial charge in [-0.25, -0.2) is 0 Å². The lowest BCUT2D eigenvalue weighted by atomic mass is 9.91. The third-order valence-corrected chi connectivity index (χ3v) is 3.44. The van der Waals surface area contributed by atoms with Crippen LogP contribution in [0.25, 0.3) is 0 Å². The maximum atomic E-state index is 12.3. The Kier molecular flexibility index (Phi) is 3.10. The van der Waals surface area contributed by atoms with E-state index in [1.807, 2.05) is 39.0 Å². The molecule has 1 saturated heterocycles. The molecule has 0 radical (unpaired) electrons. The predicted octanol–water partition coefficient (Wildman–Crippen LogP) is 2.91. The van der Waals surface area contributed by atoms with Crippen LogP contribution >= 0.6 is 0 Å². The molecule has 1 aromatic rings. The first kappa shape index (κ1) is 11.3. The Bertz CT molecular complexity index is 409. The summed E-state index contributed by atoms with van der Waals surface area (Å²) in [7, 11) is 0. The highest BCUT2D eigenvalue weighted by Gasteiger charge is 2.29. The highest BCUT2D eigenvalue weighted by atomic mass is 16.5. The third-order valence-electron chi connectivity index (χ3n) is 3.44. The van der Waals surface area contributed by atoms with Crippen molar-refractivity contribution in [2.24, 2.45) is 5.92 Å². The monoisotopic (exact) mass is 218 g/mol. The fourth-order valence-electron chi connectivity index (χ4n) is 2.24. The minimum Gasteiger partial charge on any atom is -0.378 e. The van der Waals surface area contributed by atoms with Crippen molar-refractivity contribution < 1.29 is 9.53 Å². The Balaban J connectivity index is 2.24. The standard InChI is InChI=1S/C14H18O2/c1-9-5-4-6-13(11(9)3)14(15)12-7-10(2)16-8-12/h4-6,10,12H,7-8H2,1-3H3. The zero-order valence-electron chi connectivity index (χ0n) is 10.1. The summed E-state index contributed by atoms with van der Waals surface area (Å²) in [4.78, 5) is 12.3. The largest absolute Gasteiger partial charge is 0.378 e. The highest BCUT2D eigenvalue weighted by Crippen LogP contribution is 2.25. The fourth-order valence-corrected chi connectivity index (χ4v) is 2.24. The van der Waals surface area contributed by atoms with Crippen molar-refractivity contribution in [1.82, 2.24) is 0 Å². The summed E-state index contributed by atoms with van der Waals surface area (Å²) < 4.78 is 5.46. The number of aryl methyl sites for hydroxylation is 1. The Morgan fingerprint density at radius 3 is 2.75 bits per heavy atom. The van der Waals surface area contributed by atoms with Gasteiger partial charge in [-0.05, 0) is 38.3 Å². The molecular weight excluding hydrogens is 200 g/mol. The summed E-state index contributed by atoms with van der Waals surface area (Å²) in [6, 6.07) is 5.92. The second kappa shape index (κ2) is 4.38. The van der Waals surface area contributed by atoms with Crippen LogP contribution in [0.4, 0.5) is 0 Å². The van der Waals surface area contributed by atoms with E-state index in [4.69, 9.17) is 4.74 Å². The third kappa shape index (κ3) is 2.03. The fraction of sp³-hybridized carbons (Fsp3) is 0.500. The van der Waals surface area contributed by atoms with Crippen molar-refractivity contribution in [2.75, 3.05) is 6.61 Å². The van der Waals surface area contributed by atoms with Crippen LogP contribution in [0.3, 0.4) is 0 Å². The topological polar surface area (TPSA) is 26.3 Å². The minimum absolute atomic E-state index is 0.0514.